The molecule has 1 aliphatic heterocycles. The topological polar surface area (TPSA) is 41.1 Å². The Labute approximate surface area is 134 Å². The maximum absolute atomic E-state index is 12.5. The van der Waals surface area contributed by atoms with E-state index in [0.717, 1.165) is 24.3 Å². The van der Waals surface area contributed by atoms with Gasteiger partial charge in [0.15, 0.2) is 0 Å². The van der Waals surface area contributed by atoms with Gasteiger partial charge in [-0.05, 0) is 61.7 Å². The van der Waals surface area contributed by atoms with Crippen LogP contribution in [0.4, 0.5) is 5.69 Å². The Morgan fingerprint density at radius 3 is 2.77 bits per heavy atom. The second-order valence-corrected chi connectivity index (χ2v) is 7.03. The van der Waals surface area contributed by atoms with Crippen LogP contribution in [-0.2, 0) is 4.79 Å². The van der Waals surface area contributed by atoms with Crippen LogP contribution in [0.2, 0.25) is 0 Å². The number of amides is 1. The molecule has 2 atom stereocenters. The van der Waals surface area contributed by atoms with E-state index in [9.17, 15) is 4.79 Å². The van der Waals surface area contributed by atoms with Crippen molar-refractivity contribution in [2.24, 2.45) is 11.8 Å². The molecular formula is C19H30N2O. The van der Waals surface area contributed by atoms with E-state index in [2.05, 4.69) is 56.5 Å². The number of hydrogen-bond acceptors (Lipinski definition) is 2. The quantitative estimate of drug-likeness (QED) is 0.860. The zero-order valence-electron chi connectivity index (χ0n) is 14.4. The van der Waals surface area contributed by atoms with Gasteiger partial charge in [-0.15, -0.1) is 0 Å². The van der Waals surface area contributed by atoms with Crippen molar-refractivity contribution in [3.8, 4) is 0 Å². The summed E-state index contributed by atoms with van der Waals surface area (Å²) in [5, 5.41) is 6.61. The molecule has 1 aromatic rings. The van der Waals surface area contributed by atoms with Crippen molar-refractivity contribution in [2.45, 2.75) is 52.9 Å². The second kappa shape index (κ2) is 7.77. The molecule has 22 heavy (non-hydrogen) atoms. The average Bonchev–Trinajstić information content (AvgIpc) is 2.49. The number of benzene rings is 1. The van der Waals surface area contributed by atoms with Crippen molar-refractivity contribution in [3.05, 3.63) is 29.3 Å². The van der Waals surface area contributed by atoms with Gasteiger partial charge in [-0.1, -0.05) is 39.0 Å². The Bertz CT molecular complexity index is 504. The van der Waals surface area contributed by atoms with Crippen LogP contribution in [0.5, 0.6) is 0 Å². The number of hydrogen-bond donors (Lipinski definition) is 2. The normalized spacial score (nSPS) is 20.0. The summed E-state index contributed by atoms with van der Waals surface area (Å²) in [5.74, 6) is 1.62. The van der Waals surface area contributed by atoms with Gasteiger partial charge in [0, 0.05) is 12.1 Å². The molecule has 122 valence electrons. The van der Waals surface area contributed by atoms with Gasteiger partial charge in [0.25, 0.3) is 0 Å². The van der Waals surface area contributed by atoms with Gasteiger partial charge in [0.05, 0.1) is 0 Å². The fourth-order valence-electron chi connectivity index (χ4n) is 3.36. The van der Waals surface area contributed by atoms with E-state index in [1.54, 1.807) is 0 Å². The van der Waals surface area contributed by atoms with E-state index in [1.165, 1.54) is 18.4 Å². The molecule has 1 heterocycles. The Hall–Kier alpha value is -1.35. The molecule has 0 bridgehead atoms. The lowest BCUT2D eigenvalue weighted by Gasteiger charge is -2.28. The van der Waals surface area contributed by atoms with Crippen molar-refractivity contribution in [1.82, 2.24) is 5.32 Å². The van der Waals surface area contributed by atoms with Crippen LogP contribution in [-0.4, -0.2) is 19.0 Å². The summed E-state index contributed by atoms with van der Waals surface area (Å²) in [5.41, 5.74) is 3.38. The van der Waals surface area contributed by atoms with Gasteiger partial charge in [-0.25, -0.2) is 0 Å². The highest BCUT2D eigenvalue weighted by Crippen LogP contribution is 2.28. The molecule has 2 N–H and O–H groups in total. The van der Waals surface area contributed by atoms with E-state index >= 15 is 0 Å². The number of para-hydroxylation sites is 1. The lowest BCUT2D eigenvalue weighted by atomic mass is 9.85. The third kappa shape index (κ3) is 4.33. The first-order valence-electron chi connectivity index (χ1n) is 8.59. The third-order valence-corrected chi connectivity index (χ3v) is 4.84. The fraction of sp³-hybridized carbons (Fsp3) is 0.632. The zero-order valence-corrected chi connectivity index (χ0v) is 14.4. The van der Waals surface area contributed by atoms with Gasteiger partial charge in [0.2, 0.25) is 5.91 Å². The van der Waals surface area contributed by atoms with E-state index in [1.807, 2.05) is 0 Å². The first-order chi connectivity index (χ1) is 10.5. The van der Waals surface area contributed by atoms with Crippen molar-refractivity contribution in [3.63, 3.8) is 0 Å². The minimum absolute atomic E-state index is 0.147. The van der Waals surface area contributed by atoms with Gasteiger partial charge in [-0.3, -0.25) is 4.79 Å². The van der Waals surface area contributed by atoms with Gasteiger partial charge in [-0.2, -0.15) is 0 Å². The Balaban J connectivity index is 2.00. The van der Waals surface area contributed by atoms with E-state index in [4.69, 9.17) is 0 Å². The smallest absolute Gasteiger partial charge is 0.224 e. The third-order valence-electron chi connectivity index (χ3n) is 4.84. The molecule has 3 heteroatoms. The molecule has 2 rings (SSSR count). The van der Waals surface area contributed by atoms with Crippen LogP contribution >= 0.6 is 0 Å². The highest BCUT2D eigenvalue weighted by Gasteiger charge is 2.22. The molecule has 0 aromatic heterocycles. The monoisotopic (exact) mass is 302 g/mol. The minimum Gasteiger partial charge on any atom is -0.326 e. The lowest BCUT2D eigenvalue weighted by molar-refractivity contribution is -0.117. The molecule has 1 amide bonds. The predicted octanol–water partition coefficient (Wildman–Crippen LogP) is 4.08. The molecular weight excluding hydrogens is 272 g/mol. The first-order valence-corrected chi connectivity index (χ1v) is 8.59. The molecule has 1 saturated heterocycles. The van der Waals surface area contributed by atoms with Crippen LogP contribution in [0.3, 0.4) is 0 Å². The van der Waals surface area contributed by atoms with E-state index in [-0.39, 0.29) is 5.91 Å². The first kappa shape index (κ1) is 17.0. The summed E-state index contributed by atoms with van der Waals surface area (Å²) in [4.78, 5) is 12.5. The number of aryl methyl sites for hydroxylation is 1. The SMILES string of the molecule is Cc1cccc(C(C)C)c1NC(=O)CC(C)C1CCCNC1. The summed E-state index contributed by atoms with van der Waals surface area (Å²) < 4.78 is 0. The minimum atomic E-state index is 0.147. The molecule has 1 aromatic carbocycles. The van der Waals surface area contributed by atoms with Gasteiger partial charge < -0.3 is 10.6 Å². The number of piperidine rings is 1. The van der Waals surface area contributed by atoms with E-state index < -0.39 is 0 Å². The van der Waals surface area contributed by atoms with Crippen molar-refractivity contribution in [1.29, 1.82) is 0 Å². The predicted molar refractivity (Wildman–Crippen MR) is 93.3 cm³/mol. The number of anilines is 1. The molecule has 0 saturated carbocycles. The molecule has 0 aliphatic carbocycles. The Morgan fingerprint density at radius 2 is 2.14 bits per heavy atom. The number of carbonyl (C=O) groups is 1. The van der Waals surface area contributed by atoms with Crippen LogP contribution < -0.4 is 10.6 Å². The van der Waals surface area contributed by atoms with Gasteiger partial charge >= 0.3 is 0 Å². The van der Waals surface area contributed by atoms with Gasteiger partial charge in [0.1, 0.15) is 0 Å². The van der Waals surface area contributed by atoms with Crippen molar-refractivity contribution < 1.29 is 4.79 Å². The maximum Gasteiger partial charge on any atom is 0.224 e. The number of carbonyl (C=O) groups excluding carboxylic acids is 1. The Kier molecular flexibility index (Phi) is 6.01. The highest BCUT2D eigenvalue weighted by atomic mass is 16.1. The lowest BCUT2D eigenvalue weighted by Crippen LogP contribution is -2.34. The van der Waals surface area contributed by atoms with Crippen molar-refractivity contribution in [2.75, 3.05) is 18.4 Å². The molecule has 1 fully saturated rings. The average molecular weight is 302 g/mol. The summed E-state index contributed by atoms with van der Waals surface area (Å²) >= 11 is 0. The summed E-state index contributed by atoms with van der Waals surface area (Å²) in [6, 6.07) is 6.24. The van der Waals surface area contributed by atoms with Crippen LogP contribution in [0.25, 0.3) is 0 Å². The molecule has 0 spiro atoms. The van der Waals surface area contributed by atoms with Crippen LogP contribution in [0, 0.1) is 18.8 Å². The van der Waals surface area contributed by atoms with Crippen molar-refractivity contribution >= 4 is 11.6 Å². The molecule has 0 radical (unpaired) electrons. The fourth-order valence-corrected chi connectivity index (χ4v) is 3.36. The molecule has 2 unspecified atom stereocenters. The number of rotatable bonds is 5. The standard InChI is InChI=1S/C19H30N2O/c1-13(2)17-9-5-7-14(3)19(17)21-18(22)11-15(4)16-8-6-10-20-12-16/h5,7,9,13,15-16,20H,6,8,10-12H2,1-4H3,(H,21,22). The largest absolute Gasteiger partial charge is 0.326 e. The summed E-state index contributed by atoms with van der Waals surface area (Å²) in [7, 11) is 0. The summed E-state index contributed by atoms with van der Waals surface area (Å²) in [6.07, 6.45) is 3.08. The highest BCUT2D eigenvalue weighted by molar-refractivity contribution is 5.92. The summed E-state index contributed by atoms with van der Waals surface area (Å²) in [6.45, 7) is 10.8. The zero-order chi connectivity index (χ0) is 16.1. The van der Waals surface area contributed by atoms with Crippen LogP contribution in [0.15, 0.2) is 18.2 Å². The number of nitrogens with one attached hydrogen (secondary N) is 2. The maximum atomic E-state index is 12.5. The van der Waals surface area contributed by atoms with E-state index in [0.29, 0.717) is 24.2 Å². The molecule has 3 nitrogen and oxygen atoms in total. The second-order valence-electron chi connectivity index (χ2n) is 7.03. The van der Waals surface area contributed by atoms with Crippen LogP contribution in [0.1, 0.15) is 57.1 Å². The Morgan fingerprint density at radius 1 is 1.36 bits per heavy atom. The molecule has 1 aliphatic rings.